The maximum absolute atomic E-state index is 12.7. The second-order valence-corrected chi connectivity index (χ2v) is 8.74. The van der Waals surface area contributed by atoms with E-state index in [2.05, 4.69) is 10.5 Å². The molecule has 0 aromatic heterocycles. The van der Waals surface area contributed by atoms with E-state index in [-0.39, 0.29) is 16.3 Å². The summed E-state index contributed by atoms with van der Waals surface area (Å²) in [5.41, 5.74) is 4.60. The molecule has 0 aliphatic heterocycles. The van der Waals surface area contributed by atoms with Gasteiger partial charge in [0.1, 0.15) is 12.4 Å². The van der Waals surface area contributed by atoms with Crippen LogP contribution in [0.2, 0.25) is 10.0 Å². The first kappa shape index (κ1) is 26.7. The predicted octanol–water partition coefficient (Wildman–Crippen LogP) is 6.56. The molecule has 0 radical (unpaired) electrons. The van der Waals surface area contributed by atoms with E-state index in [1.165, 1.54) is 25.5 Å². The highest BCUT2D eigenvalue weighted by Gasteiger charge is 2.16. The van der Waals surface area contributed by atoms with Crippen molar-refractivity contribution in [3.8, 4) is 17.2 Å². The molecular weight excluding hydrogens is 527 g/mol. The Morgan fingerprint density at radius 1 is 0.842 bits per heavy atom. The number of rotatable bonds is 9. The zero-order valence-electron chi connectivity index (χ0n) is 20.2. The van der Waals surface area contributed by atoms with Gasteiger partial charge in [-0.25, -0.2) is 10.2 Å². The van der Waals surface area contributed by atoms with Crippen molar-refractivity contribution in [2.75, 3.05) is 7.11 Å². The Bertz CT molecular complexity index is 1480. The SMILES string of the molecule is COc1cc(/C=N\NC(=O)c2ccccc2OCc2ccccc2)ccc1OC(=O)c1ccc(Cl)cc1Cl. The summed E-state index contributed by atoms with van der Waals surface area (Å²) < 4.78 is 16.6. The second-order valence-electron chi connectivity index (χ2n) is 7.89. The van der Waals surface area contributed by atoms with Crippen LogP contribution in [0, 0.1) is 0 Å². The monoisotopic (exact) mass is 548 g/mol. The predicted molar refractivity (Wildman–Crippen MR) is 147 cm³/mol. The number of halogens is 2. The summed E-state index contributed by atoms with van der Waals surface area (Å²) in [5, 5.41) is 4.62. The zero-order chi connectivity index (χ0) is 26.9. The number of carbonyl (C=O) groups is 2. The molecule has 4 aromatic carbocycles. The number of carbonyl (C=O) groups excluding carboxylic acids is 2. The minimum absolute atomic E-state index is 0.166. The van der Waals surface area contributed by atoms with E-state index in [4.69, 9.17) is 37.4 Å². The molecule has 0 atom stereocenters. The van der Waals surface area contributed by atoms with E-state index in [0.717, 1.165) is 5.56 Å². The maximum Gasteiger partial charge on any atom is 0.345 e. The van der Waals surface area contributed by atoms with Crippen molar-refractivity contribution in [1.29, 1.82) is 0 Å². The van der Waals surface area contributed by atoms with Crippen LogP contribution in [0.15, 0.2) is 96.1 Å². The standard InChI is InChI=1S/C29H22Cl2N2O5/c1-36-27-15-20(11-14-26(27)38-29(35)22-13-12-21(30)16-24(22)31)17-32-33-28(34)23-9-5-6-10-25(23)37-18-19-7-3-2-4-8-19/h2-17H,18H2,1H3,(H,33,34)/b32-17-. The van der Waals surface area contributed by atoms with Crippen molar-refractivity contribution in [3.63, 3.8) is 0 Å². The Morgan fingerprint density at radius 2 is 1.61 bits per heavy atom. The van der Waals surface area contributed by atoms with E-state index in [0.29, 0.717) is 34.3 Å². The number of methoxy groups -OCH3 is 1. The van der Waals surface area contributed by atoms with Gasteiger partial charge in [0.15, 0.2) is 11.5 Å². The minimum Gasteiger partial charge on any atom is -0.493 e. The number of benzene rings is 4. The Morgan fingerprint density at radius 3 is 2.37 bits per heavy atom. The van der Waals surface area contributed by atoms with Crippen LogP contribution >= 0.6 is 23.2 Å². The average molecular weight is 549 g/mol. The van der Waals surface area contributed by atoms with Crippen LogP contribution in [-0.2, 0) is 6.61 Å². The summed E-state index contributed by atoms with van der Waals surface area (Å²) >= 11 is 12.0. The molecule has 0 unspecified atom stereocenters. The summed E-state index contributed by atoms with van der Waals surface area (Å²) in [6, 6.07) is 25.9. The topological polar surface area (TPSA) is 86.2 Å². The fourth-order valence-electron chi connectivity index (χ4n) is 3.40. The Labute approximate surface area is 229 Å². The molecule has 0 heterocycles. The van der Waals surface area contributed by atoms with E-state index >= 15 is 0 Å². The molecule has 0 fully saturated rings. The van der Waals surface area contributed by atoms with Gasteiger partial charge in [-0.15, -0.1) is 0 Å². The molecule has 0 saturated carbocycles. The number of para-hydroxylation sites is 1. The van der Waals surface area contributed by atoms with Gasteiger partial charge < -0.3 is 14.2 Å². The van der Waals surface area contributed by atoms with Crippen LogP contribution in [0.4, 0.5) is 0 Å². The van der Waals surface area contributed by atoms with E-state index in [9.17, 15) is 9.59 Å². The highest BCUT2D eigenvalue weighted by Crippen LogP contribution is 2.30. The molecule has 0 bridgehead atoms. The number of esters is 1. The fourth-order valence-corrected chi connectivity index (χ4v) is 3.89. The van der Waals surface area contributed by atoms with Crippen molar-refractivity contribution in [1.82, 2.24) is 5.43 Å². The molecule has 0 saturated heterocycles. The molecule has 192 valence electrons. The first-order valence-corrected chi connectivity index (χ1v) is 12.1. The van der Waals surface area contributed by atoms with Crippen molar-refractivity contribution < 1.29 is 23.8 Å². The first-order valence-electron chi connectivity index (χ1n) is 11.4. The van der Waals surface area contributed by atoms with Crippen LogP contribution in [0.5, 0.6) is 17.2 Å². The largest absolute Gasteiger partial charge is 0.493 e. The number of amides is 1. The van der Waals surface area contributed by atoms with Crippen molar-refractivity contribution in [2.24, 2.45) is 5.10 Å². The van der Waals surface area contributed by atoms with Crippen molar-refractivity contribution >= 4 is 41.3 Å². The summed E-state index contributed by atoms with van der Waals surface area (Å²) in [4.78, 5) is 25.3. The number of nitrogens with zero attached hydrogens (tertiary/aromatic N) is 1. The quantitative estimate of drug-likeness (QED) is 0.111. The summed E-state index contributed by atoms with van der Waals surface area (Å²) in [6.07, 6.45) is 1.44. The minimum atomic E-state index is -0.660. The normalized spacial score (nSPS) is 10.7. The summed E-state index contributed by atoms with van der Waals surface area (Å²) in [7, 11) is 1.44. The fraction of sp³-hybridized carbons (Fsp3) is 0.0690. The zero-order valence-corrected chi connectivity index (χ0v) is 21.7. The number of hydrogen-bond donors (Lipinski definition) is 1. The lowest BCUT2D eigenvalue weighted by molar-refractivity contribution is 0.0729. The van der Waals surface area contributed by atoms with E-state index < -0.39 is 11.9 Å². The van der Waals surface area contributed by atoms with Gasteiger partial charge in [0, 0.05) is 5.02 Å². The molecule has 38 heavy (non-hydrogen) atoms. The van der Waals surface area contributed by atoms with Gasteiger partial charge in [0.25, 0.3) is 5.91 Å². The lowest BCUT2D eigenvalue weighted by atomic mass is 10.2. The third-order valence-electron chi connectivity index (χ3n) is 5.29. The molecule has 0 spiro atoms. The van der Waals surface area contributed by atoms with Gasteiger partial charge in [-0.1, -0.05) is 65.7 Å². The molecule has 0 aliphatic rings. The Hall–Kier alpha value is -4.33. The molecule has 1 amide bonds. The Balaban J connectivity index is 1.40. The van der Waals surface area contributed by atoms with Crippen LogP contribution in [0.3, 0.4) is 0 Å². The molecule has 9 heteroatoms. The number of hydrazone groups is 1. The lowest BCUT2D eigenvalue weighted by Crippen LogP contribution is -2.18. The third kappa shape index (κ3) is 6.91. The van der Waals surface area contributed by atoms with E-state index in [1.54, 1.807) is 48.5 Å². The van der Waals surface area contributed by atoms with Crippen LogP contribution in [-0.4, -0.2) is 25.2 Å². The van der Waals surface area contributed by atoms with Gasteiger partial charge in [0.2, 0.25) is 0 Å². The number of ether oxygens (including phenoxy) is 3. The van der Waals surface area contributed by atoms with Gasteiger partial charge in [-0.2, -0.15) is 5.10 Å². The van der Waals surface area contributed by atoms with Gasteiger partial charge >= 0.3 is 5.97 Å². The average Bonchev–Trinajstić information content (AvgIpc) is 2.93. The third-order valence-corrected chi connectivity index (χ3v) is 5.84. The van der Waals surface area contributed by atoms with Crippen molar-refractivity contribution in [2.45, 2.75) is 6.61 Å². The first-order chi connectivity index (χ1) is 18.4. The number of nitrogens with one attached hydrogen (secondary N) is 1. The summed E-state index contributed by atoms with van der Waals surface area (Å²) in [6.45, 7) is 0.329. The maximum atomic E-state index is 12.7. The van der Waals surface area contributed by atoms with Crippen molar-refractivity contribution in [3.05, 3.63) is 123 Å². The molecular formula is C29H22Cl2N2O5. The van der Waals surface area contributed by atoms with Gasteiger partial charge in [0.05, 0.1) is 29.5 Å². The summed E-state index contributed by atoms with van der Waals surface area (Å²) in [5.74, 6) is -0.167. The molecule has 4 rings (SSSR count). The van der Waals surface area contributed by atoms with Crippen LogP contribution < -0.4 is 19.6 Å². The highest BCUT2D eigenvalue weighted by molar-refractivity contribution is 6.36. The van der Waals surface area contributed by atoms with Gasteiger partial charge in [-0.05, 0) is 59.7 Å². The number of hydrogen-bond acceptors (Lipinski definition) is 6. The second kappa shape index (κ2) is 12.8. The van der Waals surface area contributed by atoms with Crippen LogP contribution in [0.25, 0.3) is 0 Å². The molecule has 4 aromatic rings. The Kier molecular flexibility index (Phi) is 8.98. The molecule has 0 aliphatic carbocycles. The molecule has 7 nitrogen and oxygen atoms in total. The van der Waals surface area contributed by atoms with Gasteiger partial charge in [-0.3, -0.25) is 4.79 Å². The lowest BCUT2D eigenvalue weighted by Gasteiger charge is -2.11. The highest BCUT2D eigenvalue weighted by atomic mass is 35.5. The smallest absolute Gasteiger partial charge is 0.345 e. The van der Waals surface area contributed by atoms with Crippen LogP contribution in [0.1, 0.15) is 31.8 Å². The van der Waals surface area contributed by atoms with E-state index in [1.807, 2.05) is 30.3 Å². The molecule has 1 N–H and O–H groups in total.